The molecule has 2 aliphatic heterocycles. The molecule has 0 bridgehead atoms. The molecule has 1 aromatic heterocycles. The number of halogens is 2. The number of imidazole rings is 1. The number of benzene rings is 1. The average Bonchev–Trinajstić information content (AvgIpc) is 3.23. The molecule has 0 fully saturated rings. The fourth-order valence-electron chi connectivity index (χ4n) is 3.99. The highest BCUT2D eigenvalue weighted by atomic mass is 32.1. The largest absolute Gasteiger partial charge is 0.506 e. The molecule has 2 aromatic rings. The standard InChI is InChI=1S/C20H21F2N3O7S/c21-10-3-9-4-12(7-31-15(9)13(22)5-10)25-11(6-24-19(25)33)1-2-23-8-20(30)17(27)14(26)16(32-20)18(28)29/h3,5-6,12,17,23,26-27,30H,1-2,4,7-8H2,(H,24,33)(H,28,29)/t12-,17?,20+/m1/s1. The van der Waals surface area contributed by atoms with E-state index in [0.29, 0.717) is 23.2 Å². The summed E-state index contributed by atoms with van der Waals surface area (Å²) in [7, 11) is 0. The van der Waals surface area contributed by atoms with E-state index in [1.54, 1.807) is 10.8 Å². The van der Waals surface area contributed by atoms with Crippen molar-refractivity contribution >= 4 is 18.2 Å². The second-order valence-electron chi connectivity index (χ2n) is 7.80. The number of nitrogens with zero attached hydrogens (tertiary/aromatic N) is 1. The van der Waals surface area contributed by atoms with E-state index in [2.05, 4.69) is 10.3 Å². The Labute approximate surface area is 190 Å². The van der Waals surface area contributed by atoms with Gasteiger partial charge in [0.2, 0.25) is 5.76 Å². The smallest absolute Gasteiger partial charge is 0.375 e. The highest BCUT2D eigenvalue weighted by Gasteiger charge is 2.50. The summed E-state index contributed by atoms with van der Waals surface area (Å²) >= 11 is 5.35. The Hall–Kier alpha value is -3.00. The van der Waals surface area contributed by atoms with E-state index in [1.807, 2.05) is 0 Å². The number of rotatable bonds is 7. The summed E-state index contributed by atoms with van der Waals surface area (Å²) in [5.41, 5.74) is 1.14. The van der Waals surface area contributed by atoms with E-state index in [4.69, 9.17) is 26.8 Å². The minimum Gasteiger partial charge on any atom is -0.506 e. The van der Waals surface area contributed by atoms with Crippen molar-refractivity contribution in [3.63, 3.8) is 0 Å². The maximum absolute atomic E-state index is 13.9. The molecule has 1 aromatic carbocycles. The van der Waals surface area contributed by atoms with Crippen LogP contribution < -0.4 is 10.1 Å². The molecule has 0 radical (unpaired) electrons. The van der Waals surface area contributed by atoms with Crippen LogP contribution in [-0.4, -0.2) is 67.5 Å². The Balaban J connectivity index is 1.40. The third-order valence-electron chi connectivity index (χ3n) is 5.54. The van der Waals surface area contributed by atoms with Crippen LogP contribution in [0.1, 0.15) is 17.3 Å². The van der Waals surface area contributed by atoms with Gasteiger partial charge in [-0.1, -0.05) is 0 Å². The number of H-pyrrole nitrogens is 1. The first-order valence-electron chi connectivity index (χ1n) is 9.97. The van der Waals surface area contributed by atoms with Gasteiger partial charge in [0.25, 0.3) is 5.79 Å². The van der Waals surface area contributed by atoms with Gasteiger partial charge in [0.05, 0.1) is 12.6 Å². The summed E-state index contributed by atoms with van der Waals surface area (Å²) in [5, 5.41) is 41.7. The van der Waals surface area contributed by atoms with Crippen LogP contribution in [0.4, 0.5) is 8.78 Å². The van der Waals surface area contributed by atoms with Crippen molar-refractivity contribution < 1.29 is 43.5 Å². The normalized spacial score (nSPS) is 24.4. The first-order chi connectivity index (χ1) is 15.6. The Bertz CT molecular complexity index is 1180. The third kappa shape index (κ3) is 4.31. The number of carboxylic acid groups (broad SMARTS) is 1. The maximum atomic E-state index is 13.9. The fraction of sp³-hybridized carbons (Fsp3) is 0.400. The van der Waals surface area contributed by atoms with E-state index < -0.39 is 41.0 Å². The molecule has 3 atom stereocenters. The lowest BCUT2D eigenvalue weighted by molar-refractivity contribution is -0.208. The summed E-state index contributed by atoms with van der Waals surface area (Å²) in [5.74, 6) is -7.27. The predicted octanol–water partition coefficient (Wildman–Crippen LogP) is 1.07. The van der Waals surface area contributed by atoms with Crippen LogP contribution in [0.15, 0.2) is 29.8 Å². The topological polar surface area (TPSA) is 149 Å². The van der Waals surface area contributed by atoms with Crippen LogP contribution in [-0.2, 0) is 22.4 Å². The lowest BCUT2D eigenvalue weighted by atomic mass is 10.0. The zero-order chi connectivity index (χ0) is 23.9. The molecule has 2 aliphatic rings. The number of carboxylic acids is 1. The van der Waals surface area contributed by atoms with Crippen LogP contribution in [0.25, 0.3) is 0 Å². The van der Waals surface area contributed by atoms with Crippen LogP contribution in [0.2, 0.25) is 0 Å². The van der Waals surface area contributed by atoms with Crippen LogP contribution in [0.5, 0.6) is 5.75 Å². The number of aliphatic hydroxyl groups is 3. The molecular weight excluding hydrogens is 464 g/mol. The maximum Gasteiger partial charge on any atom is 0.375 e. The number of fused-ring (bicyclic) bond motifs is 1. The lowest BCUT2D eigenvalue weighted by Crippen LogP contribution is -2.50. The van der Waals surface area contributed by atoms with Crippen LogP contribution in [0, 0.1) is 16.4 Å². The molecule has 6 N–H and O–H groups in total. The molecule has 0 spiro atoms. The fourth-order valence-corrected chi connectivity index (χ4v) is 4.31. The summed E-state index contributed by atoms with van der Waals surface area (Å²) < 4.78 is 40.1. The zero-order valence-corrected chi connectivity index (χ0v) is 17.9. The van der Waals surface area contributed by atoms with Crippen LogP contribution >= 0.6 is 12.2 Å². The number of nitrogens with one attached hydrogen (secondary N) is 2. The predicted molar refractivity (Wildman–Crippen MR) is 110 cm³/mol. The molecular formula is C20H21F2N3O7S. The molecule has 33 heavy (non-hydrogen) atoms. The van der Waals surface area contributed by atoms with Gasteiger partial charge in [-0.3, -0.25) is 0 Å². The van der Waals surface area contributed by atoms with Gasteiger partial charge in [0, 0.05) is 42.9 Å². The second kappa shape index (κ2) is 8.74. The monoisotopic (exact) mass is 485 g/mol. The van der Waals surface area contributed by atoms with E-state index in [9.17, 15) is 28.9 Å². The van der Waals surface area contributed by atoms with Crippen LogP contribution in [0.3, 0.4) is 0 Å². The molecule has 13 heteroatoms. The van der Waals surface area contributed by atoms with Gasteiger partial charge in [-0.25, -0.2) is 13.6 Å². The SMILES string of the molecule is O=C(O)C1=C(O)C(O)[C@](O)(CNCCc2c[nH]c(=S)n2[C@H]2COc3c(F)cc(F)cc3C2)O1. The van der Waals surface area contributed by atoms with Gasteiger partial charge in [0.1, 0.15) is 12.4 Å². The molecule has 0 amide bonds. The summed E-state index contributed by atoms with van der Waals surface area (Å²) in [6.45, 7) is 0.00503. The van der Waals surface area contributed by atoms with E-state index in [1.165, 1.54) is 6.07 Å². The Morgan fingerprint density at radius 2 is 2.15 bits per heavy atom. The van der Waals surface area contributed by atoms with Gasteiger partial charge in [0.15, 0.2) is 28.2 Å². The quantitative estimate of drug-likeness (QED) is 0.250. The van der Waals surface area contributed by atoms with Crippen molar-refractivity contribution in [2.24, 2.45) is 0 Å². The lowest BCUT2D eigenvalue weighted by Gasteiger charge is -2.28. The molecule has 4 rings (SSSR count). The molecule has 0 saturated heterocycles. The van der Waals surface area contributed by atoms with Crippen molar-refractivity contribution in [2.75, 3.05) is 19.7 Å². The number of hydrogen-bond acceptors (Lipinski definition) is 8. The number of aliphatic carboxylic acids is 1. The highest BCUT2D eigenvalue weighted by Crippen LogP contribution is 2.34. The van der Waals surface area contributed by atoms with Crippen molar-refractivity contribution in [1.82, 2.24) is 14.9 Å². The highest BCUT2D eigenvalue weighted by molar-refractivity contribution is 7.71. The Kier molecular flexibility index (Phi) is 6.14. The third-order valence-corrected chi connectivity index (χ3v) is 5.86. The van der Waals surface area contributed by atoms with Gasteiger partial charge in [-0.15, -0.1) is 0 Å². The molecule has 10 nitrogen and oxygen atoms in total. The average molecular weight is 485 g/mol. The minimum atomic E-state index is -2.34. The molecule has 178 valence electrons. The van der Waals surface area contributed by atoms with Gasteiger partial charge in [-0.2, -0.15) is 0 Å². The summed E-state index contributed by atoms with van der Waals surface area (Å²) in [6.07, 6.45) is 0.440. The molecule has 3 heterocycles. The van der Waals surface area contributed by atoms with Crippen molar-refractivity contribution in [3.8, 4) is 5.75 Å². The first-order valence-corrected chi connectivity index (χ1v) is 10.4. The number of carbonyl (C=O) groups is 1. The van der Waals surface area contributed by atoms with Gasteiger partial charge in [-0.05, 0) is 18.3 Å². The molecule has 0 saturated carbocycles. The van der Waals surface area contributed by atoms with Crippen molar-refractivity contribution in [2.45, 2.75) is 30.8 Å². The van der Waals surface area contributed by atoms with Gasteiger partial charge < -0.3 is 44.8 Å². The van der Waals surface area contributed by atoms with E-state index in [-0.39, 0.29) is 31.5 Å². The van der Waals surface area contributed by atoms with Gasteiger partial charge >= 0.3 is 5.97 Å². The minimum absolute atomic E-state index is 0.0267. The zero-order valence-electron chi connectivity index (χ0n) is 17.0. The van der Waals surface area contributed by atoms with E-state index >= 15 is 0 Å². The number of aliphatic hydroxyl groups excluding tert-OH is 2. The Morgan fingerprint density at radius 3 is 2.85 bits per heavy atom. The molecule has 1 unspecified atom stereocenters. The number of hydrogen-bond donors (Lipinski definition) is 6. The Morgan fingerprint density at radius 1 is 1.39 bits per heavy atom. The summed E-state index contributed by atoms with van der Waals surface area (Å²) in [4.78, 5) is 13.9. The van der Waals surface area contributed by atoms with E-state index in [0.717, 1.165) is 11.8 Å². The first kappa shape index (κ1) is 23.2. The summed E-state index contributed by atoms with van der Waals surface area (Å²) in [6, 6.07) is 1.69. The number of ether oxygens (including phenoxy) is 2. The number of aromatic amines is 1. The molecule has 0 aliphatic carbocycles. The second-order valence-corrected chi connectivity index (χ2v) is 8.18. The van der Waals surface area contributed by atoms with Crippen molar-refractivity contribution in [1.29, 1.82) is 0 Å². The number of aromatic nitrogens is 2. The van der Waals surface area contributed by atoms with Crippen molar-refractivity contribution in [3.05, 3.63) is 57.5 Å².